The van der Waals surface area contributed by atoms with Crippen LogP contribution in [0, 0.1) is 12.3 Å². The molecule has 1 rings (SSSR count). The molecule has 0 aliphatic heterocycles. The molecule has 1 aromatic rings. The molecule has 0 aliphatic rings. The highest BCUT2D eigenvalue weighted by Crippen LogP contribution is 2.13. The number of carbonyl (C=O) groups excluding carboxylic acids is 1. The summed E-state index contributed by atoms with van der Waals surface area (Å²) in [5, 5.41) is 8.88. The third kappa shape index (κ3) is 10.5. The predicted octanol–water partition coefficient (Wildman–Crippen LogP) is 2.99. The van der Waals surface area contributed by atoms with Gasteiger partial charge in [-0.05, 0) is 44.9 Å². The molecule has 0 saturated carbocycles. The molecule has 3 N–H and O–H groups in total. The Bertz CT molecular complexity index is 601. The number of anilines is 1. The lowest BCUT2D eigenvalue weighted by Crippen LogP contribution is -2.38. The average Bonchev–Trinajstić information content (AvgIpc) is 2.50. The minimum atomic E-state index is -0.512. The van der Waals surface area contributed by atoms with E-state index in [-0.39, 0.29) is 24.0 Å². The molecule has 0 bridgehead atoms. The third-order valence-corrected chi connectivity index (χ3v) is 2.89. The molecule has 7 heteroatoms. The number of rotatable bonds is 5. The van der Waals surface area contributed by atoms with Gasteiger partial charge in [-0.2, -0.15) is 0 Å². The van der Waals surface area contributed by atoms with E-state index in [1.807, 2.05) is 45.0 Å². The quantitative estimate of drug-likeness (QED) is 0.275. The summed E-state index contributed by atoms with van der Waals surface area (Å²) in [4.78, 5) is 15.8. The molecule has 1 amide bonds. The van der Waals surface area contributed by atoms with Crippen LogP contribution in [0.4, 0.5) is 10.5 Å². The van der Waals surface area contributed by atoms with Crippen LogP contribution < -0.4 is 16.0 Å². The van der Waals surface area contributed by atoms with Crippen molar-refractivity contribution in [3.63, 3.8) is 0 Å². The van der Waals surface area contributed by atoms with E-state index in [4.69, 9.17) is 11.2 Å². The van der Waals surface area contributed by atoms with Gasteiger partial charge in [0.25, 0.3) is 0 Å². The van der Waals surface area contributed by atoms with Crippen molar-refractivity contribution in [2.24, 2.45) is 4.99 Å². The number of nitrogens with zero attached hydrogens (tertiary/aromatic N) is 1. The Kier molecular flexibility index (Phi) is 10.7. The van der Waals surface area contributed by atoms with E-state index in [0.717, 1.165) is 18.5 Å². The van der Waals surface area contributed by atoms with Gasteiger partial charge in [0.05, 0.1) is 6.54 Å². The number of guanidine groups is 1. The van der Waals surface area contributed by atoms with Gasteiger partial charge in [0, 0.05) is 19.3 Å². The van der Waals surface area contributed by atoms with E-state index >= 15 is 0 Å². The van der Waals surface area contributed by atoms with Crippen LogP contribution in [0.5, 0.6) is 0 Å². The van der Waals surface area contributed by atoms with Gasteiger partial charge in [0.2, 0.25) is 0 Å². The fourth-order valence-corrected chi connectivity index (χ4v) is 1.86. The molecular formula is C18H27IN4O2. The first-order valence-corrected chi connectivity index (χ1v) is 7.81. The van der Waals surface area contributed by atoms with Crippen LogP contribution in [-0.4, -0.2) is 37.8 Å². The third-order valence-electron chi connectivity index (χ3n) is 2.89. The van der Waals surface area contributed by atoms with Crippen LogP contribution >= 0.6 is 24.0 Å². The number of nitrogens with one attached hydrogen (secondary N) is 3. The lowest BCUT2D eigenvalue weighted by Gasteiger charge is -2.19. The molecule has 0 unspecified atom stereocenters. The Hall–Kier alpha value is -1.95. The lowest BCUT2D eigenvalue weighted by molar-refractivity contribution is 0.0636. The monoisotopic (exact) mass is 458 g/mol. The molecule has 25 heavy (non-hydrogen) atoms. The summed E-state index contributed by atoms with van der Waals surface area (Å²) in [6.07, 6.45) is 5.56. The SMILES string of the molecule is C#CCNC(=NC)NCCc1ccc(NC(=O)OC(C)(C)C)cc1.I. The number of carbonyl (C=O) groups is 1. The number of hydrogen-bond acceptors (Lipinski definition) is 3. The van der Waals surface area contributed by atoms with Crippen molar-refractivity contribution in [1.82, 2.24) is 10.6 Å². The van der Waals surface area contributed by atoms with Gasteiger partial charge in [-0.1, -0.05) is 18.1 Å². The lowest BCUT2D eigenvalue weighted by atomic mass is 10.1. The van der Waals surface area contributed by atoms with Gasteiger partial charge < -0.3 is 15.4 Å². The van der Waals surface area contributed by atoms with Gasteiger partial charge in [0.15, 0.2) is 5.96 Å². The van der Waals surface area contributed by atoms with E-state index in [1.54, 1.807) is 7.05 Å². The van der Waals surface area contributed by atoms with Crippen LogP contribution in [0.15, 0.2) is 29.3 Å². The number of ether oxygens (including phenoxy) is 1. The summed E-state index contributed by atoms with van der Waals surface area (Å²) in [6.45, 7) is 6.65. The number of benzene rings is 1. The normalized spacial score (nSPS) is 10.9. The second-order valence-corrected chi connectivity index (χ2v) is 6.13. The number of aliphatic imine (C=N–C) groups is 1. The molecule has 0 aromatic heterocycles. The zero-order valence-corrected chi connectivity index (χ0v) is 17.5. The fraction of sp³-hybridized carbons (Fsp3) is 0.444. The van der Waals surface area contributed by atoms with Crippen molar-refractivity contribution < 1.29 is 9.53 Å². The summed E-state index contributed by atoms with van der Waals surface area (Å²) in [6, 6.07) is 7.63. The fourth-order valence-electron chi connectivity index (χ4n) is 1.86. The van der Waals surface area contributed by atoms with Crippen molar-refractivity contribution in [1.29, 1.82) is 0 Å². The maximum absolute atomic E-state index is 11.7. The molecule has 0 spiro atoms. The van der Waals surface area contributed by atoms with E-state index < -0.39 is 11.7 Å². The minimum absolute atomic E-state index is 0. The Balaban J connectivity index is 0.00000576. The minimum Gasteiger partial charge on any atom is -0.444 e. The van der Waals surface area contributed by atoms with Crippen molar-refractivity contribution in [2.75, 3.05) is 25.5 Å². The van der Waals surface area contributed by atoms with E-state index in [1.165, 1.54) is 0 Å². The van der Waals surface area contributed by atoms with E-state index in [9.17, 15) is 4.79 Å². The van der Waals surface area contributed by atoms with Gasteiger partial charge in [-0.25, -0.2) is 4.79 Å². The van der Waals surface area contributed by atoms with Crippen molar-refractivity contribution in [2.45, 2.75) is 32.8 Å². The largest absolute Gasteiger partial charge is 0.444 e. The molecule has 6 nitrogen and oxygen atoms in total. The van der Waals surface area contributed by atoms with Crippen LogP contribution in [0.1, 0.15) is 26.3 Å². The smallest absolute Gasteiger partial charge is 0.412 e. The summed E-state index contributed by atoms with van der Waals surface area (Å²) in [5.74, 6) is 3.18. The Morgan fingerprint density at radius 1 is 1.24 bits per heavy atom. The van der Waals surface area contributed by atoms with Crippen molar-refractivity contribution in [3.05, 3.63) is 29.8 Å². The Morgan fingerprint density at radius 3 is 2.40 bits per heavy atom. The van der Waals surface area contributed by atoms with Gasteiger partial charge in [-0.3, -0.25) is 10.3 Å². The van der Waals surface area contributed by atoms with Gasteiger partial charge in [0.1, 0.15) is 5.60 Å². The molecule has 0 atom stereocenters. The highest BCUT2D eigenvalue weighted by Gasteiger charge is 2.15. The topological polar surface area (TPSA) is 74.8 Å². The predicted molar refractivity (Wildman–Crippen MR) is 114 cm³/mol. The Morgan fingerprint density at radius 2 is 1.88 bits per heavy atom. The zero-order chi connectivity index (χ0) is 18.0. The molecule has 138 valence electrons. The van der Waals surface area contributed by atoms with Crippen molar-refractivity contribution in [3.8, 4) is 12.3 Å². The standard InChI is InChI=1S/C18H26N4O2.HI/c1-6-12-20-16(19-5)21-13-11-14-7-9-15(10-8-14)22-17(23)24-18(2,3)4;/h1,7-10H,11-13H2,2-5H3,(H,22,23)(H2,19,20,21);1H. The van der Waals surface area contributed by atoms with Crippen LogP contribution in [0.3, 0.4) is 0 Å². The van der Waals surface area contributed by atoms with Crippen LogP contribution in [0.25, 0.3) is 0 Å². The Labute approximate surface area is 167 Å². The first-order valence-electron chi connectivity index (χ1n) is 7.81. The van der Waals surface area contributed by atoms with Crippen LogP contribution in [0.2, 0.25) is 0 Å². The number of amides is 1. The molecule has 0 saturated heterocycles. The highest BCUT2D eigenvalue weighted by molar-refractivity contribution is 14.0. The first kappa shape index (κ1) is 23.1. The maximum Gasteiger partial charge on any atom is 0.412 e. The number of halogens is 1. The molecular weight excluding hydrogens is 431 g/mol. The summed E-state index contributed by atoms with van der Waals surface area (Å²) < 4.78 is 5.21. The molecule has 0 fully saturated rings. The summed E-state index contributed by atoms with van der Waals surface area (Å²) in [7, 11) is 1.70. The number of terminal acetylenes is 1. The van der Waals surface area contributed by atoms with Gasteiger partial charge in [-0.15, -0.1) is 30.4 Å². The second kappa shape index (κ2) is 11.6. The van der Waals surface area contributed by atoms with Gasteiger partial charge >= 0.3 is 6.09 Å². The average molecular weight is 458 g/mol. The number of hydrogen-bond donors (Lipinski definition) is 3. The van der Waals surface area contributed by atoms with Crippen molar-refractivity contribution >= 4 is 41.7 Å². The summed E-state index contributed by atoms with van der Waals surface area (Å²) >= 11 is 0. The zero-order valence-electron chi connectivity index (χ0n) is 15.2. The van der Waals surface area contributed by atoms with E-state index in [0.29, 0.717) is 18.2 Å². The van der Waals surface area contributed by atoms with E-state index in [2.05, 4.69) is 26.9 Å². The molecule has 0 aliphatic carbocycles. The first-order chi connectivity index (χ1) is 11.3. The molecule has 1 aromatic carbocycles. The van der Waals surface area contributed by atoms with Crippen LogP contribution in [-0.2, 0) is 11.2 Å². The maximum atomic E-state index is 11.7. The highest BCUT2D eigenvalue weighted by atomic mass is 127. The summed E-state index contributed by atoms with van der Waals surface area (Å²) in [5.41, 5.74) is 1.33. The molecule has 0 radical (unpaired) electrons. The second-order valence-electron chi connectivity index (χ2n) is 6.13. The molecule has 0 heterocycles.